The van der Waals surface area contributed by atoms with Crippen LogP contribution in [-0.2, 0) is 0 Å². The van der Waals surface area contributed by atoms with Gasteiger partial charge in [0, 0.05) is 5.56 Å². The van der Waals surface area contributed by atoms with Crippen molar-refractivity contribution in [2.45, 2.75) is 0 Å². The smallest absolute Gasteiger partial charge is 0.354 e. The summed E-state index contributed by atoms with van der Waals surface area (Å²) >= 11 is 0. The summed E-state index contributed by atoms with van der Waals surface area (Å²) in [7, 11) is -3.32. The number of fused-ring (bicyclic) bond motifs is 1. The molecule has 24 heavy (non-hydrogen) atoms. The van der Waals surface area contributed by atoms with E-state index in [0.29, 0.717) is 16.7 Å². The minimum absolute atomic E-state index is 0.215. The van der Waals surface area contributed by atoms with Crippen LogP contribution in [0.15, 0.2) is 59.0 Å². The molecule has 3 aromatic rings. The lowest BCUT2D eigenvalue weighted by Gasteiger charge is -2.17. The van der Waals surface area contributed by atoms with Gasteiger partial charge in [0.2, 0.25) is 0 Å². The Labute approximate surface area is 138 Å². The van der Waals surface area contributed by atoms with Crippen LogP contribution in [0, 0.1) is 10.2 Å². The Morgan fingerprint density at radius 1 is 0.958 bits per heavy atom. The maximum atomic E-state index is 10.0. The molecule has 0 atom stereocenters. The van der Waals surface area contributed by atoms with Crippen molar-refractivity contribution in [2.75, 3.05) is 7.11 Å². The van der Waals surface area contributed by atoms with Gasteiger partial charge >= 0.3 is 5.43 Å². The van der Waals surface area contributed by atoms with Crippen LogP contribution in [0.4, 0.5) is 0 Å². The van der Waals surface area contributed by atoms with Crippen molar-refractivity contribution in [3.8, 4) is 17.1 Å². The van der Waals surface area contributed by atoms with Crippen LogP contribution in [0.3, 0.4) is 0 Å². The van der Waals surface area contributed by atoms with Crippen molar-refractivity contribution < 1.29 is 42.8 Å². The number of benzene rings is 2. The zero-order chi connectivity index (χ0) is 17.7. The summed E-state index contributed by atoms with van der Waals surface area (Å²) in [5.74, 6) is 1.41. The third-order valence-electron chi connectivity index (χ3n) is 3.03. The van der Waals surface area contributed by atoms with Crippen LogP contribution < -0.4 is 28.8 Å². The summed E-state index contributed by atoms with van der Waals surface area (Å²) in [6.45, 7) is 0. The van der Waals surface area contributed by atoms with E-state index in [1.54, 1.807) is 13.2 Å². The van der Waals surface area contributed by atoms with E-state index in [-0.39, 0.29) is 5.43 Å². The highest BCUT2D eigenvalue weighted by Gasteiger charge is 2.09. The van der Waals surface area contributed by atoms with Gasteiger partial charge in [0.15, 0.2) is 0 Å². The average molecular weight is 353 g/mol. The maximum absolute atomic E-state index is 10.0. The highest BCUT2D eigenvalue weighted by atomic mass is 35.7. The summed E-state index contributed by atoms with van der Waals surface area (Å²) < 4.78 is 44.9. The minimum Gasteiger partial charge on any atom is -0.497 e. The molecular weight excluding hydrogens is 340 g/mol. The molecule has 0 radical (unpaired) electrons. The van der Waals surface area contributed by atoms with Crippen LogP contribution >= 0.6 is 0 Å². The third-order valence-corrected chi connectivity index (χ3v) is 3.03. The second kappa shape index (κ2) is 7.43. The van der Waals surface area contributed by atoms with Crippen LogP contribution in [0.5, 0.6) is 5.75 Å². The van der Waals surface area contributed by atoms with Gasteiger partial charge in [-0.25, -0.2) is 18.6 Å². The second-order valence-electron chi connectivity index (χ2n) is 4.60. The largest absolute Gasteiger partial charge is 0.497 e. The minimum atomic E-state index is -4.94. The molecule has 7 nitrogen and oxygen atoms in total. The zero-order valence-corrected chi connectivity index (χ0v) is 13.2. The molecule has 1 aromatic heterocycles. The van der Waals surface area contributed by atoms with Gasteiger partial charge in [0.05, 0.1) is 13.2 Å². The first kappa shape index (κ1) is 17.9. The molecule has 0 saturated heterocycles. The summed E-state index contributed by atoms with van der Waals surface area (Å²) in [5.41, 5.74) is 1.77. The molecule has 0 aliphatic heterocycles. The van der Waals surface area contributed by atoms with Crippen molar-refractivity contribution >= 4 is 11.0 Å². The molecule has 3 rings (SSSR count). The van der Waals surface area contributed by atoms with Gasteiger partial charge in [-0.3, -0.25) is 4.79 Å². The lowest BCUT2D eigenvalue weighted by molar-refractivity contribution is -2.00. The van der Waals surface area contributed by atoms with Gasteiger partial charge in [-0.05, 0) is 36.4 Å². The maximum Gasteiger partial charge on any atom is 0.354 e. The van der Waals surface area contributed by atoms with Crippen LogP contribution in [0.25, 0.3) is 22.3 Å². The first-order chi connectivity index (χ1) is 11.3. The van der Waals surface area contributed by atoms with E-state index in [2.05, 4.69) is 0 Å². The van der Waals surface area contributed by atoms with E-state index < -0.39 is 10.2 Å². The summed E-state index contributed by atoms with van der Waals surface area (Å²) in [5, 5.41) is 0.708. The Morgan fingerprint density at radius 3 is 2.12 bits per heavy atom. The van der Waals surface area contributed by atoms with E-state index >= 15 is 0 Å². The molecule has 0 spiro atoms. The molecule has 0 amide bonds. The first-order valence-corrected chi connectivity index (χ1v) is 7.82. The van der Waals surface area contributed by atoms with Crippen LogP contribution in [-0.4, -0.2) is 11.9 Å². The molecule has 0 fully saturated rings. The van der Waals surface area contributed by atoms with Gasteiger partial charge in [-0.1, -0.05) is 12.1 Å². The van der Waals surface area contributed by atoms with Crippen LogP contribution in [0.2, 0.25) is 0 Å². The van der Waals surface area contributed by atoms with Gasteiger partial charge in [0.25, 0.3) is 0 Å². The predicted octanol–water partition coefficient (Wildman–Crippen LogP) is -1.64. The highest BCUT2D eigenvalue weighted by Crippen LogP contribution is 2.23. The molecular formula is C16H13ClO7. The van der Waals surface area contributed by atoms with Crippen LogP contribution in [0.1, 0.15) is 0 Å². The van der Waals surface area contributed by atoms with E-state index in [0.717, 1.165) is 11.3 Å². The Bertz CT molecular complexity index is 860. The quantitative estimate of drug-likeness (QED) is 0.507. The number of hydrogen-bond acceptors (Lipinski definition) is 6. The monoisotopic (exact) mass is 352 g/mol. The summed E-state index contributed by atoms with van der Waals surface area (Å²) in [6, 6.07) is 16.5. The SMILES string of the molecule is COc1ccc(-c2cc(=[OH+])c3ccccc3o2)cc1.[O-][Cl+3]([O-])([O-])[O-]. The Hall–Kier alpha value is -2.42. The van der Waals surface area contributed by atoms with Gasteiger partial charge in [0.1, 0.15) is 22.5 Å². The molecule has 0 bridgehead atoms. The van der Waals surface area contributed by atoms with E-state index in [4.69, 9.17) is 27.8 Å². The van der Waals surface area contributed by atoms with Crippen molar-refractivity contribution in [3.05, 3.63) is 60.0 Å². The standard InChI is InChI=1S/C16H12O3.ClHO4/c1-18-12-8-6-11(7-9-12)16-10-14(17)13-4-2-3-5-15(13)19-16;2-1(3,4)5/h2-10H,1H3;(H,2,3,4,5). The number of halogens is 1. The molecule has 0 unspecified atom stereocenters. The second-order valence-corrected chi connectivity index (χ2v) is 5.35. The highest BCUT2D eigenvalue weighted by molar-refractivity contribution is 5.77. The first-order valence-electron chi connectivity index (χ1n) is 6.59. The Balaban J connectivity index is 0.000000368. The molecule has 1 heterocycles. The number of hydrogen-bond donors (Lipinski definition) is 0. The summed E-state index contributed by atoms with van der Waals surface area (Å²) in [6.07, 6.45) is 0. The fourth-order valence-corrected chi connectivity index (χ4v) is 2.01. The Kier molecular flexibility index (Phi) is 5.55. The van der Waals surface area contributed by atoms with Gasteiger partial charge in [-0.15, -0.1) is 10.2 Å². The van der Waals surface area contributed by atoms with Gasteiger partial charge in [-0.2, -0.15) is 0 Å². The normalized spacial score (nSPS) is 10.9. The number of para-hydroxylation sites is 1. The van der Waals surface area contributed by atoms with Crippen molar-refractivity contribution in [3.63, 3.8) is 0 Å². The molecule has 0 saturated carbocycles. The topological polar surface area (TPSA) is 136 Å². The van der Waals surface area contributed by atoms with E-state index in [1.807, 2.05) is 48.5 Å². The molecule has 0 aliphatic rings. The molecule has 0 aliphatic carbocycles. The lowest BCUT2D eigenvalue weighted by atomic mass is 10.1. The summed E-state index contributed by atoms with van der Waals surface area (Å²) in [4.78, 5) is 10.0. The molecule has 8 heteroatoms. The van der Waals surface area contributed by atoms with Crippen molar-refractivity contribution in [2.24, 2.45) is 0 Å². The Morgan fingerprint density at radius 2 is 1.54 bits per heavy atom. The van der Waals surface area contributed by atoms with Gasteiger partial charge < -0.3 is 9.15 Å². The van der Waals surface area contributed by atoms with Crippen molar-refractivity contribution in [1.29, 1.82) is 0 Å². The van der Waals surface area contributed by atoms with E-state index in [1.165, 1.54) is 0 Å². The molecule has 126 valence electrons. The number of rotatable bonds is 2. The third kappa shape index (κ3) is 5.05. The van der Waals surface area contributed by atoms with Crippen molar-refractivity contribution in [1.82, 2.24) is 0 Å². The number of ether oxygens (including phenoxy) is 1. The fraction of sp³-hybridized carbons (Fsp3) is 0.0625. The molecule has 2 aromatic carbocycles. The zero-order valence-electron chi connectivity index (χ0n) is 12.5. The molecule has 1 N–H and O–H groups in total. The fourth-order valence-electron chi connectivity index (χ4n) is 2.01. The number of methoxy groups -OCH3 is 1. The predicted molar refractivity (Wildman–Crippen MR) is 73.3 cm³/mol. The van der Waals surface area contributed by atoms with E-state index in [9.17, 15) is 4.79 Å². The lowest BCUT2D eigenvalue weighted by Crippen LogP contribution is -2.68. The average Bonchev–Trinajstić information content (AvgIpc) is 2.53.